The Balaban J connectivity index is 1.59. The molecule has 0 saturated carbocycles. The molecular formula is C20H18FN3O2. The molecule has 0 bridgehead atoms. The Morgan fingerprint density at radius 3 is 2.46 bits per heavy atom. The molecule has 0 aliphatic rings. The maximum absolute atomic E-state index is 14.2. The fourth-order valence-electron chi connectivity index (χ4n) is 2.38. The van der Waals surface area contributed by atoms with Gasteiger partial charge in [0.15, 0.2) is 11.6 Å². The normalized spacial score (nSPS) is 10.5. The molecule has 0 unspecified atom stereocenters. The Bertz CT molecular complexity index is 883. The lowest BCUT2D eigenvalue weighted by Crippen LogP contribution is -2.12. The van der Waals surface area contributed by atoms with Gasteiger partial charge in [-0.05, 0) is 29.3 Å². The Kier molecular flexibility index (Phi) is 5.56. The molecule has 1 amide bonds. The number of pyridine rings is 1. The Morgan fingerprint density at radius 1 is 1.04 bits per heavy atom. The van der Waals surface area contributed by atoms with Crippen molar-refractivity contribution in [2.45, 2.75) is 13.1 Å². The van der Waals surface area contributed by atoms with Crippen molar-refractivity contribution < 1.29 is 13.9 Å². The van der Waals surface area contributed by atoms with Crippen LogP contribution in [0, 0.1) is 5.82 Å². The molecule has 0 spiro atoms. The van der Waals surface area contributed by atoms with Crippen LogP contribution in [0.4, 0.5) is 4.39 Å². The summed E-state index contributed by atoms with van der Waals surface area (Å²) in [6.45, 7) is 1.24. The molecule has 3 rings (SSSR count). The molecule has 26 heavy (non-hydrogen) atoms. The largest absolute Gasteiger partial charge is 0.436 e. The van der Waals surface area contributed by atoms with Gasteiger partial charge in [-0.25, -0.2) is 9.37 Å². The molecule has 0 aliphatic carbocycles. The highest BCUT2D eigenvalue weighted by Crippen LogP contribution is 2.24. The summed E-state index contributed by atoms with van der Waals surface area (Å²) in [5.74, 6) is -0.813. The molecule has 1 heterocycles. The van der Waals surface area contributed by atoms with Crippen molar-refractivity contribution in [1.29, 1.82) is 0 Å². The minimum atomic E-state index is -0.581. The molecule has 6 heteroatoms. The first-order valence-electron chi connectivity index (χ1n) is 8.08. The van der Waals surface area contributed by atoms with Crippen LogP contribution < -0.4 is 15.8 Å². The van der Waals surface area contributed by atoms with Gasteiger partial charge in [0, 0.05) is 25.4 Å². The SMILES string of the molecule is NC(=O)c1ccc(Oc2ccc(CNCc3ccccc3)cc2F)nc1. The van der Waals surface area contributed by atoms with Crippen molar-refractivity contribution in [3.8, 4) is 11.6 Å². The Morgan fingerprint density at radius 2 is 1.81 bits per heavy atom. The summed E-state index contributed by atoms with van der Waals surface area (Å²) in [6.07, 6.45) is 1.29. The quantitative estimate of drug-likeness (QED) is 0.684. The topological polar surface area (TPSA) is 77.2 Å². The highest BCUT2D eigenvalue weighted by molar-refractivity contribution is 5.92. The summed E-state index contributed by atoms with van der Waals surface area (Å²) in [4.78, 5) is 15.0. The molecule has 3 aromatic rings. The lowest BCUT2D eigenvalue weighted by atomic mass is 10.2. The van der Waals surface area contributed by atoms with E-state index in [0.717, 1.165) is 5.56 Å². The maximum Gasteiger partial charge on any atom is 0.250 e. The number of hydrogen-bond donors (Lipinski definition) is 2. The lowest BCUT2D eigenvalue weighted by molar-refractivity contribution is 0.1000. The highest BCUT2D eigenvalue weighted by Gasteiger charge is 2.08. The second-order valence-electron chi connectivity index (χ2n) is 5.71. The number of amides is 1. The van der Waals surface area contributed by atoms with Crippen LogP contribution in [0.3, 0.4) is 0 Å². The summed E-state index contributed by atoms with van der Waals surface area (Å²) >= 11 is 0. The van der Waals surface area contributed by atoms with Gasteiger partial charge in [-0.1, -0.05) is 36.4 Å². The number of benzene rings is 2. The van der Waals surface area contributed by atoms with E-state index in [9.17, 15) is 9.18 Å². The fraction of sp³-hybridized carbons (Fsp3) is 0.100. The number of nitrogens with two attached hydrogens (primary N) is 1. The molecule has 0 aliphatic heterocycles. The molecule has 0 atom stereocenters. The predicted molar refractivity (Wildman–Crippen MR) is 96.2 cm³/mol. The zero-order valence-electron chi connectivity index (χ0n) is 14.0. The zero-order valence-corrected chi connectivity index (χ0v) is 14.0. The number of carbonyl (C=O) groups is 1. The van der Waals surface area contributed by atoms with Crippen LogP contribution in [0.1, 0.15) is 21.5 Å². The summed E-state index contributed by atoms with van der Waals surface area (Å²) in [5, 5.41) is 3.27. The summed E-state index contributed by atoms with van der Waals surface area (Å²) in [5.41, 5.74) is 7.38. The first-order chi connectivity index (χ1) is 12.6. The van der Waals surface area contributed by atoms with E-state index in [1.54, 1.807) is 12.1 Å². The molecule has 1 aromatic heterocycles. The third-order valence-electron chi connectivity index (χ3n) is 3.73. The van der Waals surface area contributed by atoms with Gasteiger partial charge in [-0.15, -0.1) is 0 Å². The van der Waals surface area contributed by atoms with E-state index < -0.39 is 11.7 Å². The maximum atomic E-state index is 14.2. The average Bonchev–Trinajstić information content (AvgIpc) is 2.65. The minimum absolute atomic E-state index is 0.0659. The number of nitrogens with one attached hydrogen (secondary N) is 1. The molecular weight excluding hydrogens is 333 g/mol. The number of hydrogen-bond acceptors (Lipinski definition) is 4. The smallest absolute Gasteiger partial charge is 0.250 e. The van der Waals surface area contributed by atoms with E-state index in [4.69, 9.17) is 10.5 Å². The van der Waals surface area contributed by atoms with Crippen molar-refractivity contribution in [2.75, 3.05) is 0 Å². The van der Waals surface area contributed by atoms with Gasteiger partial charge in [-0.2, -0.15) is 0 Å². The van der Waals surface area contributed by atoms with Crippen molar-refractivity contribution in [3.63, 3.8) is 0 Å². The molecule has 5 nitrogen and oxygen atoms in total. The summed E-state index contributed by atoms with van der Waals surface area (Å²) in [6, 6.07) is 17.7. The highest BCUT2D eigenvalue weighted by atomic mass is 19.1. The van der Waals surface area contributed by atoms with Crippen molar-refractivity contribution in [2.24, 2.45) is 5.73 Å². The number of rotatable bonds is 7. The van der Waals surface area contributed by atoms with Crippen LogP contribution in [0.15, 0.2) is 66.9 Å². The Hall–Kier alpha value is -3.25. The van der Waals surface area contributed by atoms with Crippen LogP contribution in [0.2, 0.25) is 0 Å². The predicted octanol–water partition coefficient (Wildman–Crippen LogP) is 3.40. The zero-order chi connectivity index (χ0) is 18.4. The summed E-state index contributed by atoms with van der Waals surface area (Å²) < 4.78 is 19.7. The second-order valence-corrected chi connectivity index (χ2v) is 5.71. The van der Waals surface area contributed by atoms with E-state index in [1.165, 1.54) is 30.0 Å². The van der Waals surface area contributed by atoms with Gasteiger partial charge in [0.05, 0.1) is 5.56 Å². The number of carbonyl (C=O) groups excluding carboxylic acids is 1. The van der Waals surface area contributed by atoms with E-state index in [0.29, 0.717) is 13.1 Å². The van der Waals surface area contributed by atoms with Crippen molar-refractivity contribution in [1.82, 2.24) is 10.3 Å². The monoisotopic (exact) mass is 351 g/mol. The number of halogens is 1. The third-order valence-corrected chi connectivity index (χ3v) is 3.73. The number of primary amides is 1. The van der Waals surface area contributed by atoms with E-state index >= 15 is 0 Å². The average molecular weight is 351 g/mol. The van der Waals surface area contributed by atoms with Crippen LogP contribution >= 0.6 is 0 Å². The third kappa shape index (κ3) is 4.64. The molecule has 0 saturated heterocycles. The minimum Gasteiger partial charge on any atom is -0.436 e. The lowest BCUT2D eigenvalue weighted by Gasteiger charge is -2.09. The number of nitrogens with zero attached hydrogens (tertiary/aromatic N) is 1. The Labute approximate surface area is 150 Å². The number of ether oxygens (including phenoxy) is 1. The van der Waals surface area contributed by atoms with E-state index in [2.05, 4.69) is 10.3 Å². The van der Waals surface area contributed by atoms with Crippen molar-refractivity contribution in [3.05, 3.63) is 89.4 Å². The van der Waals surface area contributed by atoms with Crippen LogP contribution in [0.5, 0.6) is 11.6 Å². The molecule has 3 N–H and O–H groups in total. The molecule has 132 valence electrons. The van der Waals surface area contributed by atoms with Gasteiger partial charge in [0.2, 0.25) is 11.8 Å². The molecule has 0 fully saturated rings. The van der Waals surface area contributed by atoms with Crippen LogP contribution in [-0.4, -0.2) is 10.9 Å². The van der Waals surface area contributed by atoms with Crippen molar-refractivity contribution >= 4 is 5.91 Å². The summed E-state index contributed by atoms with van der Waals surface area (Å²) in [7, 11) is 0. The second kappa shape index (κ2) is 8.22. The van der Waals surface area contributed by atoms with Crippen LogP contribution in [0.25, 0.3) is 0 Å². The standard InChI is InChI=1S/C20H18FN3O2/c21-17-10-15(12-23-11-14-4-2-1-3-5-14)6-8-18(17)26-19-9-7-16(13-24-19)20(22)25/h1-10,13,23H,11-12H2,(H2,22,25). The molecule has 0 radical (unpaired) electrons. The first-order valence-corrected chi connectivity index (χ1v) is 8.08. The first kappa shape index (κ1) is 17.6. The van der Waals surface area contributed by atoms with Gasteiger partial charge in [-0.3, -0.25) is 4.79 Å². The van der Waals surface area contributed by atoms with Gasteiger partial charge in [0.25, 0.3) is 0 Å². The van der Waals surface area contributed by atoms with E-state index in [1.807, 2.05) is 30.3 Å². The van der Waals surface area contributed by atoms with Gasteiger partial charge < -0.3 is 15.8 Å². The van der Waals surface area contributed by atoms with Crippen LogP contribution in [-0.2, 0) is 13.1 Å². The fourth-order valence-corrected chi connectivity index (χ4v) is 2.38. The van der Waals surface area contributed by atoms with E-state index in [-0.39, 0.29) is 17.2 Å². The number of aromatic nitrogens is 1. The van der Waals surface area contributed by atoms with Gasteiger partial charge in [0.1, 0.15) is 0 Å². The van der Waals surface area contributed by atoms with Gasteiger partial charge >= 0.3 is 0 Å². The molecule has 2 aromatic carbocycles.